The van der Waals surface area contributed by atoms with Crippen molar-refractivity contribution in [3.8, 4) is 0 Å². The topological polar surface area (TPSA) is 66.4 Å². The summed E-state index contributed by atoms with van der Waals surface area (Å²) < 4.78 is 0. The maximum atomic E-state index is 12.2. The van der Waals surface area contributed by atoms with Crippen LogP contribution in [0.3, 0.4) is 0 Å². The van der Waals surface area contributed by atoms with Crippen LogP contribution in [0.15, 0.2) is 30.3 Å². The van der Waals surface area contributed by atoms with E-state index in [9.17, 15) is 9.59 Å². The first-order valence-corrected chi connectivity index (χ1v) is 6.65. The van der Waals surface area contributed by atoms with Crippen LogP contribution in [0.5, 0.6) is 0 Å². The van der Waals surface area contributed by atoms with Crippen LogP contribution < -0.4 is 5.32 Å². The Morgan fingerprint density at radius 2 is 1.95 bits per heavy atom. The first-order chi connectivity index (χ1) is 9.08. The number of rotatable bonds is 6. The maximum Gasteiger partial charge on any atom is 0.305 e. The minimum Gasteiger partial charge on any atom is -0.481 e. The first-order valence-electron chi connectivity index (χ1n) is 6.65. The molecule has 2 rings (SSSR count). The summed E-state index contributed by atoms with van der Waals surface area (Å²) >= 11 is 0. The van der Waals surface area contributed by atoms with Gasteiger partial charge in [-0.25, -0.2) is 0 Å². The second kappa shape index (κ2) is 5.87. The van der Waals surface area contributed by atoms with Gasteiger partial charge in [-0.1, -0.05) is 30.3 Å². The Morgan fingerprint density at radius 3 is 2.47 bits per heavy atom. The monoisotopic (exact) mass is 261 g/mol. The minimum atomic E-state index is -0.857. The zero-order chi connectivity index (χ0) is 13.8. The van der Waals surface area contributed by atoms with Crippen molar-refractivity contribution in [2.45, 2.75) is 38.1 Å². The Kier molecular flexibility index (Phi) is 4.20. The van der Waals surface area contributed by atoms with E-state index < -0.39 is 5.97 Å². The molecule has 0 saturated heterocycles. The molecule has 1 saturated carbocycles. The van der Waals surface area contributed by atoms with E-state index in [1.54, 1.807) is 0 Å². The molecule has 4 nitrogen and oxygen atoms in total. The lowest BCUT2D eigenvalue weighted by Crippen LogP contribution is -2.40. The van der Waals surface area contributed by atoms with Crippen molar-refractivity contribution in [1.29, 1.82) is 0 Å². The summed E-state index contributed by atoms with van der Waals surface area (Å²) in [7, 11) is 0. The van der Waals surface area contributed by atoms with Gasteiger partial charge in [-0.3, -0.25) is 9.59 Å². The fourth-order valence-electron chi connectivity index (χ4n) is 2.22. The SMILES string of the molecule is CC(C(=O)NC(CC(=O)O)C1CC1)c1ccccc1. The molecule has 1 aliphatic carbocycles. The summed E-state index contributed by atoms with van der Waals surface area (Å²) in [6.45, 7) is 1.84. The fourth-order valence-corrected chi connectivity index (χ4v) is 2.22. The average Bonchev–Trinajstić information content (AvgIpc) is 3.21. The zero-order valence-electron chi connectivity index (χ0n) is 11.0. The van der Waals surface area contributed by atoms with E-state index in [-0.39, 0.29) is 24.3 Å². The molecule has 2 atom stereocenters. The molecule has 102 valence electrons. The lowest BCUT2D eigenvalue weighted by atomic mass is 9.99. The Morgan fingerprint density at radius 1 is 1.32 bits per heavy atom. The Bertz CT molecular complexity index is 454. The Labute approximate surface area is 112 Å². The number of aliphatic carboxylic acids is 1. The molecular weight excluding hydrogens is 242 g/mol. The van der Waals surface area contributed by atoms with Gasteiger partial charge in [0.1, 0.15) is 0 Å². The van der Waals surface area contributed by atoms with Crippen LogP contribution in [-0.2, 0) is 9.59 Å². The van der Waals surface area contributed by atoms with Crippen molar-refractivity contribution in [3.63, 3.8) is 0 Å². The molecule has 2 unspecified atom stereocenters. The van der Waals surface area contributed by atoms with Crippen LogP contribution in [0.1, 0.15) is 37.7 Å². The van der Waals surface area contributed by atoms with Crippen molar-refractivity contribution in [2.75, 3.05) is 0 Å². The van der Waals surface area contributed by atoms with Gasteiger partial charge in [-0.2, -0.15) is 0 Å². The van der Waals surface area contributed by atoms with Crippen LogP contribution in [-0.4, -0.2) is 23.0 Å². The molecule has 1 aromatic carbocycles. The number of carbonyl (C=O) groups excluding carboxylic acids is 1. The molecule has 0 heterocycles. The number of carboxylic acids is 1. The third kappa shape index (κ3) is 3.81. The third-order valence-corrected chi connectivity index (χ3v) is 3.61. The fraction of sp³-hybridized carbons (Fsp3) is 0.467. The number of amides is 1. The van der Waals surface area contributed by atoms with E-state index in [4.69, 9.17) is 5.11 Å². The average molecular weight is 261 g/mol. The maximum absolute atomic E-state index is 12.2. The van der Waals surface area contributed by atoms with Crippen LogP contribution in [0, 0.1) is 5.92 Å². The molecule has 0 aromatic heterocycles. The molecule has 0 spiro atoms. The van der Waals surface area contributed by atoms with E-state index in [0.29, 0.717) is 5.92 Å². The normalized spacial score (nSPS) is 17.5. The van der Waals surface area contributed by atoms with Crippen LogP contribution >= 0.6 is 0 Å². The van der Waals surface area contributed by atoms with Crippen molar-refractivity contribution in [2.24, 2.45) is 5.92 Å². The molecule has 19 heavy (non-hydrogen) atoms. The van der Waals surface area contributed by atoms with Gasteiger partial charge in [0.05, 0.1) is 12.3 Å². The number of benzene rings is 1. The number of hydrogen-bond acceptors (Lipinski definition) is 2. The van der Waals surface area contributed by atoms with Crippen molar-refractivity contribution < 1.29 is 14.7 Å². The Hall–Kier alpha value is -1.84. The summed E-state index contributed by atoms with van der Waals surface area (Å²) in [6, 6.07) is 9.30. The predicted molar refractivity (Wildman–Crippen MR) is 71.8 cm³/mol. The highest BCUT2D eigenvalue weighted by atomic mass is 16.4. The second-order valence-electron chi connectivity index (χ2n) is 5.18. The molecule has 2 N–H and O–H groups in total. The van der Waals surface area contributed by atoms with Gasteiger partial charge < -0.3 is 10.4 Å². The third-order valence-electron chi connectivity index (χ3n) is 3.61. The first kappa shape index (κ1) is 13.6. The standard InChI is InChI=1S/C15H19NO3/c1-10(11-5-3-2-4-6-11)15(19)16-13(9-14(17)18)12-7-8-12/h2-6,10,12-13H,7-9H2,1H3,(H,16,19)(H,17,18). The van der Waals surface area contributed by atoms with Crippen molar-refractivity contribution >= 4 is 11.9 Å². The quantitative estimate of drug-likeness (QED) is 0.824. The van der Waals surface area contributed by atoms with Gasteiger partial charge in [0.2, 0.25) is 5.91 Å². The smallest absolute Gasteiger partial charge is 0.305 e. The largest absolute Gasteiger partial charge is 0.481 e. The van der Waals surface area contributed by atoms with Crippen LogP contribution in [0.25, 0.3) is 0 Å². The number of nitrogens with one attached hydrogen (secondary N) is 1. The molecule has 1 aromatic rings. The lowest BCUT2D eigenvalue weighted by Gasteiger charge is -2.19. The molecule has 0 radical (unpaired) electrons. The summed E-state index contributed by atoms with van der Waals surface area (Å²) in [4.78, 5) is 23.0. The highest BCUT2D eigenvalue weighted by molar-refractivity contribution is 5.84. The predicted octanol–water partition coefficient (Wildman–Crippen LogP) is 2.16. The van der Waals surface area contributed by atoms with E-state index in [1.807, 2.05) is 37.3 Å². The molecule has 0 bridgehead atoms. The Balaban J connectivity index is 1.97. The minimum absolute atomic E-state index is 0.0118. The van der Waals surface area contributed by atoms with E-state index in [2.05, 4.69) is 5.32 Å². The van der Waals surface area contributed by atoms with Crippen molar-refractivity contribution in [3.05, 3.63) is 35.9 Å². The molecular formula is C15H19NO3. The van der Waals surface area contributed by atoms with E-state index >= 15 is 0 Å². The van der Waals surface area contributed by atoms with Gasteiger partial charge in [-0.15, -0.1) is 0 Å². The van der Waals surface area contributed by atoms with Gasteiger partial charge in [0.15, 0.2) is 0 Å². The highest BCUT2D eigenvalue weighted by Crippen LogP contribution is 2.34. The van der Waals surface area contributed by atoms with E-state index in [0.717, 1.165) is 18.4 Å². The van der Waals surface area contributed by atoms with Gasteiger partial charge >= 0.3 is 5.97 Å². The van der Waals surface area contributed by atoms with Gasteiger partial charge in [0, 0.05) is 6.04 Å². The second-order valence-corrected chi connectivity index (χ2v) is 5.18. The molecule has 0 aliphatic heterocycles. The van der Waals surface area contributed by atoms with E-state index in [1.165, 1.54) is 0 Å². The number of carboxylic acid groups (broad SMARTS) is 1. The highest BCUT2D eigenvalue weighted by Gasteiger charge is 2.34. The molecule has 1 fully saturated rings. The summed E-state index contributed by atoms with van der Waals surface area (Å²) in [5.41, 5.74) is 0.949. The summed E-state index contributed by atoms with van der Waals surface area (Å²) in [6.07, 6.45) is 2.04. The molecule has 4 heteroatoms. The summed E-state index contributed by atoms with van der Waals surface area (Å²) in [5.74, 6) is -0.867. The van der Waals surface area contributed by atoms with Crippen LogP contribution in [0.2, 0.25) is 0 Å². The lowest BCUT2D eigenvalue weighted by molar-refractivity contribution is -0.138. The van der Waals surface area contributed by atoms with Gasteiger partial charge in [0.25, 0.3) is 0 Å². The number of hydrogen-bond donors (Lipinski definition) is 2. The van der Waals surface area contributed by atoms with Crippen molar-refractivity contribution in [1.82, 2.24) is 5.32 Å². The van der Waals surface area contributed by atoms with Gasteiger partial charge in [-0.05, 0) is 31.2 Å². The number of carbonyl (C=O) groups is 2. The molecule has 1 aliphatic rings. The van der Waals surface area contributed by atoms with Crippen LogP contribution in [0.4, 0.5) is 0 Å². The molecule has 1 amide bonds. The zero-order valence-corrected chi connectivity index (χ0v) is 11.0. The summed E-state index contributed by atoms with van der Waals surface area (Å²) in [5, 5.41) is 11.8.